The van der Waals surface area contributed by atoms with Gasteiger partial charge in [0.1, 0.15) is 12.4 Å². The highest BCUT2D eigenvalue weighted by Crippen LogP contribution is 2.39. The lowest BCUT2D eigenvalue weighted by atomic mass is 9.96. The molecule has 1 N–H and O–H groups in total. The number of rotatable bonds is 10. The lowest BCUT2D eigenvalue weighted by Crippen LogP contribution is -2.49. The van der Waals surface area contributed by atoms with E-state index in [1.807, 2.05) is 18.0 Å². The van der Waals surface area contributed by atoms with Gasteiger partial charge in [-0.05, 0) is 87.7 Å². The summed E-state index contributed by atoms with van der Waals surface area (Å²) in [7, 11) is 2.02. The summed E-state index contributed by atoms with van der Waals surface area (Å²) in [6.07, 6.45) is -2.79. The van der Waals surface area contributed by atoms with Crippen LogP contribution in [0.1, 0.15) is 58.4 Å². The maximum Gasteiger partial charge on any atom is 0.416 e. The van der Waals surface area contributed by atoms with Gasteiger partial charge < -0.3 is 19.6 Å². The average molecular weight is 534 g/mol. The molecule has 2 aromatic rings. The van der Waals surface area contributed by atoms with Crippen molar-refractivity contribution in [2.45, 2.75) is 57.9 Å². The second-order valence-electron chi connectivity index (χ2n) is 10.6. The number of aliphatic hydroxyl groups excluding tert-OH is 1. The van der Waals surface area contributed by atoms with Gasteiger partial charge in [-0.1, -0.05) is 6.07 Å². The molecular formula is C29H38F3N3O3. The SMILES string of the molecule is Cc1c(OCCN(C)CCCO)ccc([C@H](C)N2C[C@@H]3C[C@H]2CN3C(=O)c2ccc(C(F)(F)F)cc2)c1C. The smallest absolute Gasteiger partial charge is 0.416 e. The van der Waals surface area contributed by atoms with Gasteiger partial charge >= 0.3 is 6.18 Å². The summed E-state index contributed by atoms with van der Waals surface area (Å²) in [5, 5.41) is 8.97. The summed E-state index contributed by atoms with van der Waals surface area (Å²) in [6, 6.07) is 9.13. The molecule has 0 unspecified atom stereocenters. The number of likely N-dealkylation sites (tertiary alicyclic amines) is 2. The van der Waals surface area contributed by atoms with Gasteiger partial charge in [0.25, 0.3) is 5.91 Å². The summed E-state index contributed by atoms with van der Waals surface area (Å²) in [5.41, 5.74) is 3.11. The maximum absolute atomic E-state index is 13.1. The highest BCUT2D eigenvalue weighted by Gasteiger charge is 2.47. The number of aliphatic hydroxyl groups is 1. The number of likely N-dealkylation sites (N-methyl/N-ethyl adjacent to an activating group) is 1. The van der Waals surface area contributed by atoms with Crippen LogP contribution in [0, 0.1) is 13.8 Å². The highest BCUT2D eigenvalue weighted by molar-refractivity contribution is 5.94. The summed E-state index contributed by atoms with van der Waals surface area (Å²) < 4.78 is 44.7. The van der Waals surface area contributed by atoms with Crippen molar-refractivity contribution >= 4 is 5.91 Å². The zero-order chi connectivity index (χ0) is 27.6. The first-order valence-corrected chi connectivity index (χ1v) is 13.3. The Labute approximate surface area is 223 Å². The van der Waals surface area contributed by atoms with Crippen LogP contribution >= 0.6 is 0 Å². The van der Waals surface area contributed by atoms with E-state index in [4.69, 9.17) is 9.84 Å². The number of carbonyl (C=O) groups is 1. The highest BCUT2D eigenvalue weighted by atomic mass is 19.4. The number of ether oxygens (including phenoxy) is 1. The first-order chi connectivity index (χ1) is 18.0. The molecule has 38 heavy (non-hydrogen) atoms. The second-order valence-corrected chi connectivity index (χ2v) is 10.6. The number of alkyl halides is 3. The maximum atomic E-state index is 13.1. The monoisotopic (exact) mass is 533 g/mol. The van der Waals surface area contributed by atoms with Gasteiger partial charge in [0.05, 0.1) is 5.56 Å². The van der Waals surface area contributed by atoms with Gasteiger partial charge in [-0.25, -0.2) is 0 Å². The first-order valence-electron chi connectivity index (χ1n) is 13.3. The van der Waals surface area contributed by atoms with E-state index in [1.54, 1.807) is 0 Å². The van der Waals surface area contributed by atoms with Crippen molar-refractivity contribution in [3.8, 4) is 5.75 Å². The predicted molar refractivity (Wildman–Crippen MR) is 140 cm³/mol. The number of nitrogens with zero attached hydrogens (tertiary/aromatic N) is 3. The molecule has 0 saturated carbocycles. The van der Waals surface area contributed by atoms with E-state index in [1.165, 1.54) is 23.3 Å². The van der Waals surface area contributed by atoms with Gasteiger partial charge in [0.15, 0.2) is 0 Å². The second kappa shape index (κ2) is 11.6. The van der Waals surface area contributed by atoms with Crippen LogP contribution in [0.3, 0.4) is 0 Å². The Kier molecular flexibility index (Phi) is 8.69. The first kappa shape index (κ1) is 28.4. The van der Waals surface area contributed by atoms with Crippen molar-refractivity contribution in [2.75, 3.05) is 46.4 Å². The molecule has 9 heteroatoms. The topological polar surface area (TPSA) is 56.3 Å². The fourth-order valence-corrected chi connectivity index (χ4v) is 5.76. The number of carbonyl (C=O) groups excluding carboxylic acids is 1. The summed E-state index contributed by atoms with van der Waals surface area (Å²) in [6.45, 7) is 10.1. The Morgan fingerprint density at radius 2 is 1.79 bits per heavy atom. The summed E-state index contributed by atoms with van der Waals surface area (Å²) in [4.78, 5) is 19.5. The predicted octanol–water partition coefficient (Wildman–Crippen LogP) is 4.68. The molecule has 2 aliphatic heterocycles. The number of benzene rings is 2. The van der Waals surface area contributed by atoms with Crippen molar-refractivity contribution in [1.29, 1.82) is 0 Å². The molecule has 0 radical (unpaired) electrons. The zero-order valence-corrected chi connectivity index (χ0v) is 22.6. The van der Waals surface area contributed by atoms with Crippen molar-refractivity contribution in [1.82, 2.24) is 14.7 Å². The van der Waals surface area contributed by atoms with Gasteiger partial charge in [-0.3, -0.25) is 9.69 Å². The molecule has 6 nitrogen and oxygen atoms in total. The lowest BCUT2D eigenvalue weighted by molar-refractivity contribution is -0.137. The van der Waals surface area contributed by atoms with Crippen molar-refractivity contribution in [2.24, 2.45) is 0 Å². The molecule has 0 aliphatic carbocycles. The Morgan fingerprint density at radius 1 is 1.08 bits per heavy atom. The number of piperazine rings is 1. The van der Waals surface area contributed by atoms with E-state index in [2.05, 4.69) is 36.6 Å². The lowest BCUT2D eigenvalue weighted by Gasteiger charge is -2.38. The Bertz CT molecular complexity index is 1120. The average Bonchev–Trinajstić information content (AvgIpc) is 3.50. The molecule has 0 aromatic heterocycles. The summed E-state index contributed by atoms with van der Waals surface area (Å²) >= 11 is 0. The van der Waals surface area contributed by atoms with Gasteiger partial charge in [-0.15, -0.1) is 0 Å². The Balaban J connectivity index is 1.36. The normalized spacial score (nSPS) is 20.4. The summed E-state index contributed by atoms with van der Waals surface area (Å²) in [5.74, 6) is 0.680. The van der Waals surface area contributed by atoms with E-state index in [9.17, 15) is 18.0 Å². The molecule has 2 heterocycles. The van der Waals surface area contributed by atoms with E-state index < -0.39 is 11.7 Å². The largest absolute Gasteiger partial charge is 0.492 e. The minimum atomic E-state index is -4.41. The molecule has 2 bridgehead atoms. The van der Waals surface area contributed by atoms with Crippen LogP contribution < -0.4 is 4.74 Å². The molecule has 2 aromatic carbocycles. The van der Waals surface area contributed by atoms with Crippen LogP contribution in [0.4, 0.5) is 13.2 Å². The molecule has 2 aliphatic rings. The Hall–Kier alpha value is -2.62. The number of hydrogen-bond acceptors (Lipinski definition) is 5. The van der Waals surface area contributed by atoms with Crippen molar-refractivity contribution < 1.29 is 27.8 Å². The third kappa shape index (κ3) is 6.00. The number of fused-ring (bicyclic) bond motifs is 2. The van der Waals surface area contributed by atoms with Crippen molar-refractivity contribution in [3.05, 3.63) is 64.2 Å². The third-order valence-electron chi connectivity index (χ3n) is 8.16. The fourth-order valence-electron chi connectivity index (χ4n) is 5.76. The molecule has 2 saturated heterocycles. The van der Waals surface area contributed by atoms with Gasteiger partial charge in [0.2, 0.25) is 0 Å². The molecule has 4 rings (SSSR count). The molecular weight excluding hydrogens is 495 g/mol. The fraction of sp³-hybridized carbons (Fsp3) is 0.552. The Morgan fingerprint density at radius 3 is 2.39 bits per heavy atom. The van der Waals surface area contributed by atoms with E-state index in [0.717, 1.165) is 55.9 Å². The van der Waals surface area contributed by atoms with Crippen LogP contribution in [0.15, 0.2) is 36.4 Å². The van der Waals surface area contributed by atoms with Crippen LogP contribution in [-0.4, -0.2) is 84.2 Å². The molecule has 208 valence electrons. The number of amides is 1. The van der Waals surface area contributed by atoms with E-state index in [0.29, 0.717) is 18.7 Å². The number of halogens is 3. The zero-order valence-electron chi connectivity index (χ0n) is 22.6. The van der Waals surface area contributed by atoms with E-state index in [-0.39, 0.29) is 30.6 Å². The third-order valence-corrected chi connectivity index (χ3v) is 8.16. The minimum absolute atomic E-state index is 0.0593. The quantitative estimate of drug-likeness (QED) is 0.481. The molecule has 0 spiro atoms. The standard InChI is InChI=1S/C29H38F3N3O3/c1-19-20(2)27(38-15-13-33(4)12-5-14-36)11-10-26(19)21(3)34-17-25-16-24(34)18-35(25)28(37)22-6-8-23(9-7-22)29(30,31)32/h6-11,21,24-25,36H,5,12-18H2,1-4H3/t21-,24-,25-/m0/s1. The van der Waals surface area contributed by atoms with Crippen LogP contribution in [0.25, 0.3) is 0 Å². The molecule has 1 amide bonds. The van der Waals surface area contributed by atoms with Crippen LogP contribution in [-0.2, 0) is 6.18 Å². The minimum Gasteiger partial charge on any atom is -0.492 e. The molecule has 3 atom stereocenters. The molecule has 2 fully saturated rings. The van der Waals surface area contributed by atoms with Crippen LogP contribution in [0.2, 0.25) is 0 Å². The van der Waals surface area contributed by atoms with Crippen LogP contribution in [0.5, 0.6) is 5.75 Å². The van der Waals surface area contributed by atoms with Crippen molar-refractivity contribution in [3.63, 3.8) is 0 Å². The van der Waals surface area contributed by atoms with E-state index >= 15 is 0 Å². The van der Waals surface area contributed by atoms with Gasteiger partial charge in [-0.2, -0.15) is 13.2 Å². The number of hydrogen-bond donors (Lipinski definition) is 1. The van der Waals surface area contributed by atoms with Gasteiger partial charge in [0, 0.05) is 56.5 Å².